The minimum Gasteiger partial charge on any atom is -0.497 e. The number of anilines is 2. The van der Waals surface area contributed by atoms with Crippen molar-refractivity contribution in [3.8, 4) is 11.5 Å². The average Bonchev–Trinajstić information content (AvgIpc) is 3.46. The Balaban J connectivity index is 1.55. The van der Waals surface area contributed by atoms with Gasteiger partial charge in [0.1, 0.15) is 18.0 Å². The van der Waals surface area contributed by atoms with Crippen molar-refractivity contribution in [2.45, 2.75) is 31.2 Å². The van der Waals surface area contributed by atoms with Gasteiger partial charge in [-0.1, -0.05) is 29.8 Å². The predicted octanol–water partition coefficient (Wildman–Crippen LogP) is 4.12. The number of carbonyl (C=O) groups is 1. The van der Waals surface area contributed by atoms with Crippen molar-refractivity contribution >= 4 is 27.3 Å². The van der Waals surface area contributed by atoms with Crippen LogP contribution >= 0.6 is 0 Å². The summed E-state index contributed by atoms with van der Waals surface area (Å²) in [5.41, 5.74) is 3.29. The molecule has 0 unspecified atom stereocenters. The van der Waals surface area contributed by atoms with E-state index in [0.717, 1.165) is 28.5 Å². The van der Waals surface area contributed by atoms with Crippen LogP contribution in [-0.4, -0.2) is 48.2 Å². The first-order valence-corrected chi connectivity index (χ1v) is 13.7. The summed E-state index contributed by atoms with van der Waals surface area (Å²) in [6.07, 6.45) is 2.41. The lowest BCUT2D eigenvalue weighted by atomic mass is 10.2. The van der Waals surface area contributed by atoms with Crippen LogP contribution in [0.4, 0.5) is 11.4 Å². The van der Waals surface area contributed by atoms with Gasteiger partial charge in [-0.05, 0) is 61.7 Å². The molecule has 1 aliphatic rings. The van der Waals surface area contributed by atoms with E-state index in [0.29, 0.717) is 5.75 Å². The summed E-state index contributed by atoms with van der Waals surface area (Å²) in [6.45, 7) is 3.89. The highest BCUT2D eigenvalue weighted by atomic mass is 32.2. The van der Waals surface area contributed by atoms with Crippen molar-refractivity contribution in [1.82, 2.24) is 5.32 Å². The van der Waals surface area contributed by atoms with Gasteiger partial charge < -0.3 is 19.7 Å². The number of carbonyl (C=O) groups excluding carboxylic acids is 1. The van der Waals surface area contributed by atoms with E-state index in [1.54, 1.807) is 30.3 Å². The molecule has 1 fully saturated rings. The van der Waals surface area contributed by atoms with Gasteiger partial charge in [-0.3, -0.25) is 9.10 Å². The van der Waals surface area contributed by atoms with Crippen LogP contribution in [0.5, 0.6) is 11.5 Å². The number of nitrogens with zero attached hydrogens (tertiary/aromatic N) is 2. The zero-order chi connectivity index (χ0) is 26.4. The van der Waals surface area contributed by atoms with Crippen molar-refractivity contribution in [3.05, 3.63) is 77.9 Å². The van der Waals surface area contributed by atoms with Crippen molar-refractivity contribution in [2.75, 3.05) is 43.1 Å². The normalized spacial score (nSPS) is 13.3. The zero-order valence-electron chi connectivity index (χ0n) is 21.4. The summed E-state index contributed by atoms with van der Waals surface area (Å²) in [5.74, 6) is 0.354. The van der Waals surface area contributed by atoms with Gasteiger partial charge in [0.25, 0.3) is 10.0 Å². The van der Waals surface area contributed by atoms with Crippen LogP contribution < -0.4 is 24.0 Å². The van der Waals surface area contributed by atoms with E-state index in [9.17, 15) is 13.2 Å². The first kappa shape index (κ1) is 26.3. The molecule has 0 saturated carbocycles. The Hall–Kier alpha value is -3.72. The quantitative estimate of drug-likeness (QED) is 0.430. The lowest BCUT2D eigenvalue weighted by Gasteiger charge is -2.26. The fourth-order valence-electron chi connectivity index (χ4n) is 4.31. The molecule has 1 amide bonds. The first-order chi connectivity index (χ1) is 17.8. The number of sulfonamides is 1. The molecule has 0 spiro atoms. The van der Waals surface area contributed by atoms with Crippen LogP contribution in [0.2, 0.25) is 0 Å². The van der Waals surface area contributed by atoms with Crippen LogP contribution in [0.15, 0.2) is 71.6 Å². The molecule has 196 valence electrons. The van der Waals surface area contributed by atoms with E-state index in [-0.39, 0.29) is 22.9 Å². The standard InChI is InChI=1S/C28H33N3O5S/c1-21-6-13-25(14-7-21)37(33,34)31(26-15-12-24(35-2)18-27(26)36-3)20-28(32)29-19-22-8-10-23(11-9-22)30-16-4-5-17-30/h6-15,18H,4-5,16-17,19-20H2,1-3H3,(H,29,32). The third-order valence-electron chi connectivity index (χ3n) is 6.45. The summed E-state index contributed by atoms with van der Waals surface area (Å²) >= 11 is 0. The molecule has 4 rings (SSSR count). The topological polar surface area (TPSA) is 88.2 Å². The third kappa shape index (κ3) is 6.17. The van der Waals surface area contributed by atoms with E-state index in [1.807, 2.05) is 19.1 Å². The van der Waals surface area contributed by atoms with E-state index >= 15 is 0 Å². The molecule has 1 aliphatic heterocycles. The van der Waals surface area contributed by atoms with Crippen molar-refractivity contribution < 1.29 is 22.7 Å². The van der Waals surface area contributed by atoms with Gasteiger partial charge in [-0.2, -0.15) is 0 Å². The minimum absolute atomic E-state index is 0.0845. The van der Waals surface area contributed by atoms with Crippen LogP contribution in [0.1, 0.15) is 24.0 Å². The number of amides is 1. The monoisotopic (exact) mass is 523 g/mol. The van der Waals surface area contributed by atoms with E-state index in [1.165, 1.54) is 44.9 Å². The van der Waals surface area contributed by atoms with E-state index in [4.69, 9.17) is 9.47 Å². The molecule has 3 aromatic carbocycles. The molecule has 8 nitrogen and oxygen atoms in total. The molecule has 9 heteroatoms. The summed E-state index contributed by atoms with van der Waals surface area (Å²) in [6, 6.07) is 19.4. The molecule has 1 saturated heterocycles. The Labute approximate surface area is 218 Å². The molecule has 37 heavy (non-hydrogen) atoms. The Morgan fingerprint density at radius 2 is 1.62 bits per heavy atom. The second-order valence-corrected chi connectivity index (χ2v) is 10.9. The summed E-state index contributed by atoms with van der Waals surface area (Å²) in [7, 11) is -1.11. The molecule has 0 atom stereocenters. The maximum atomic E-state index is 13.7. The lowest BCUT2D eigenvalue weighted by molar-refractivity contribution is -0.119. The zero-order valence-corrected chi connectivity index (χ0v) is 22.3. The van der Waals surface area contributed by atoms with Crippen molar-refractivity contribution in [3.63, 3.8) is 0 Å². The molecule has 3 aromatic rings. The van der Waals surface area contributed by atoms with Gasteiger partial charge in [-0.25, -0.2) is 8.42 Å². The second-order valence-electron chi connectivity index (χ2n) is 9.00. The fraction of sp³-hybridized carbons (Fsp3) is 0.321. The molecule has 0 aromatic heterocycles. The fourth-order valence-corrected chi connectivity index (χ4v) is 5.75. The molecule has 1 heterocycles. The van der Waals surface area contributed by atoms with Gasteiger partial charge >= 0.3 is 0 Å². The lowest BCUT2D eigenvalue weighted by Crippen LogP contribution is -2.40. The first-order valence-electron chi connectivity index (χ1n) is 12.2. The van der Waals surface area contributed by atoms with Crippen LogP contribution in [0.3, 0.4) is 0 Å². The Kier molecular flexibility index (Phi) is 8.23. The molecular weight excluding hydrogens is 490 g/mol. The van der Waals surface area contributed by atoms with Gasteiger partial charge in [0.15, 0.2) is 0 Å². The minimum atomic E-state index is -4.07. The van der Waals surface area contributed by atoms with Gasteiger partial charge in [0.05, 0.1) is 24.8 Å². The van der Waals surface area contributed by atoms with E-state index < -0.39 is 22.5 Å². The predicted molar refractivity (Wildman–Crippen MR) is 145 cm³/mol. The van der Waals surface area contributed by atoms with Gasteiger partial charge in [0, 0.05) is 31.4 Å². The van der Waals surface area contributed by atoms with Crippen LogP contribution in [-0.2, 0) is 21.4 Å². The molecule has 0 aliphatic carbocycles. The largest absolute Gasteiger partial charge is 0.497 e. The second kappa shape index (κ2) is 11.6. The summed E-state index contributed by atoms with van der Waals surface area (Å²) in [5, 5.41) is 2.86. The molecule has 0 radical (unpaired) electrons. The number of nitrogens with one attached hydrogen (secondary N) is 1. The maximum absolute atomic E-state index is 13.7. The summed E-state index contributed by atoms with van der Waals surface area (Å²) < 4.78 is 39.2. The van der Waals surface area contributed by atoms with Gasteiger partial charge in [-0.15, -0.1) is 0 Å². The Bertz CT molecular complexity index is 1320. The number of methoxy groups -OCH3 is 2. The third-order valence-corrected chi connectivity index (χ3v) is 8.22. The van der Waals surface area contributed by atoms with Gasteiger partial charge in [0.2, 0.25) is 5.91 Å². The number of aryl methyl sites for hydroxylation is 1. The van der Waals surface area contributed by atoms with Crippen LogP contribution in [0.25, 0.3) is 0 Å². The SMILES string of the molecule is COc1ccc(N(CC(=O)NCc2ccc(N3CCCC3)cc2)S(=O)(=O)c2ccc(C)cc2)c(OC)c1. The number of ether oxygens (including phenoxy) is 2. The highest BCUT2D eigenvalue weighted by Crippen LogP contribution is 2.35. The summed E-state index contributed by atoms with van der Waals surface area (Å²) in [4.78, 5) is 15.5. The molecule has 0 bridgehead atoms. The number of hydrogen-bond donors (Lipinski definition) is 1. The Morgan fingerprint density at radius 1 is 0.946 bits per heavy atom. The smallest absolute Gasteiger partial charge is 0.264 e. The molecular formula is C28H33N3O5S. The average molecular weight is 524 g/mol. The number of hydrogen-bond acceptors (Lipinski definition) is 6. The van der Waals surface area contributed by atoms with Crippen molar-refractivity contribution in [2.24, 2.45) is 0 Å². The van der Waals surface area contributed by atoms with Crippen molar-refractivity contribution in [1.29, 1.82) is 0 Å². The highest BCUT2D eigenvalue weighted by molar-refractivity contribution is 7.92. The molecule has 1 N–H and O–H groups in total. The number of rotatable bonds is 10. The highest BCUT2D eigenvalue weighted by Gasteiger charge is 2.29. The maximum Gasteiger partial charge on any atom is 0.264 e. The number of benzene rings is 3. The van der Waals surface area contributed by atoms with E-state index in [2.05, 4.69) is 22.3 Å². The van der Waals surface area contributed by atoms with Crippen LogP contribution in [0, 0.1) is 6.92 Å². The Morgan fingerprint density at radius 3 is 2.24 bits per heavy atom.